The maximum atomic E-state index is 5.48. The molecule has 0 aromatic rings. The van der Waals surface area contributed by atoms with Crippen molar-refractivity contribution >= 4 is 21.4 Å². The summed E-state index contributed by atoms with van der Waals surface area (Å²) in [5.74, 6) is 0. The lowest BCUT2D eigenvalue weighted by Gasteiger charge is -2.26. The highest BCUT2D eigenvalue weighted by Gasteiger charge is 2.38. The van der Waals surface area contributed by atoms with Crippen LogP contribution in [0.25, 0.3) is 0 Å². The third-order valence-corrected chi connectivity index (χ3v) is 5.02. The van der Waals surface area contributed by atoms with Gasteiger partial charge in [-0.1, -0.05) is 0 Å². The molecule has 0 aliphatic rings. The molecule has 0 bridgehead atoms. The summed E-state index contributed by atoms with van der Waals surface area (Å²) in [6, 6.07) is 0. The maximum Gasteiger partial charge on any atom is 0.511 e. The van der Waals surface area contributed by atoms with Gasteiger partial charge in [-0.3, -0.25) is 0 Å². The molecular weight excluding hydrogens is 192 g/mol. The summed E-state index contributed by atoms with van der Waals surface area (Å²) in [5.41, 5.74) is 0. The van der Waals surface area contributed by atoms with Crippen LogP contribution in [0.1, 0.15) is 20.8 Å². The summed E-state index contributed by atoms with van der Waals surface area (Å²) in [4.78, 5) is 0. The molecule has 3 nitrogen and oxygen atoms in total. The number of rotatable bonds is 7. The Bertz CT molecular complexity index is 95.8. The molecule has 0 aliphatic heterocycles. The van der Waals surface area contributed by atoms with Gasteiger partial charge in [0, 0.05) is 19.8 Å². The molecule has 0 aromatic carbocycles. The monoisotopic (exact) mass is 210 g/mol. The smallest absolute Gasteiger partial charge is 0.373 e. The molecule has 12 heavy (non-hydrogen) atoms. The van der Waals surface area contributed by atoms with Gasteiger partial charge in [0.15, 0.2) is 0 Å². The molecule has 0 unspecified atom stereocenters. The second-order valence-corrected chi connectivity index (χ2v) is 5.64. The average Bonchev–Trinajstić information content (AvgIpc) is 2.06. The maximum absolute atomic E-state index is 5.48. The van der Waals surface area contributed by atoms with E-state index in [1.54, 1.807) is 0 Å². The van der Waals surface area contributed by atoms with E-state index < -0.39 is 8.80 Å². The van der Waals surface area contributed by atoms with Crippen LogP contribution in [0, 0.1) is 0 Å². The van der Waals surface area contributed by atoms with Gasteiger partial charge in [0.2, 0.25) is 0 Å². The van der Waals surface area contributed by atoms with Gasteiger partial charge < -0.3 is 13.3 Å². The summed E-state index contributed by atoms with van der Waals surface area (Å²) in [6.07, 6.45) is 0. The number of hydrogen-bond acceptors (Lipinski definition) is 4. The highest BCUT2D eigenvalue weighted by atomic mass is 32.1. The summed E-state index contributed by atoms with van der Waals surface area (Å²) in [5, 5.41) is 0.544. The molecule has 0 rings (SSSR count). The predicted molar refractivity (Wildman–Crippen MR) is 54.5 cm³/mol. The van der Waals surface area contributed by atoms with E-state index in [1.165, 1.54) is 0 Å². The van der Waals surface area contributed by atoms with Crippen molar-refractivity contribution in [1.82, 2.24) is 0 Å². The Morgan fingerprint density at radius 2 is 1.25 bits per heavy atom. The van der Waals surface area contributed by atoms with Crippen molar-refractivity contribution < 1.29 is 13.3 Å². The minimum atomic E-state index is -2.41. The quantitative estimate of drug-likeness (QED) is 0.510. The first kappa shape index (κ1) is 12.4. The number of hydrogen-bond donors (Lipinski definition) is 1. The third kappa shape index (κ3) is 3.91. The summed E-state index contributed by atoms with van der Waals surface area (Å²) in [6.45, 7) is 7.65. The standard InChI is InChI=1S/C7H18O3SSi/c1-4-8-12(7-11,9-5-2)10-6-3/h11H,4-7H2,1-3H3. The molecule has 0 radical (unpaired) electrons. The first-order valence-electron chi connectivity index (χ1n) is 4.27. The van der Waals surface area contributed by atoms with Gasteiger partial charge in [-0.05, 0) is 20.8 Å². The molecule has 0 saturated carbocycles. The molecule has 0 saturated heterocycles. The highest BCUT2D eigenvalue weighted by molar-refractivity contribution is 7.82. The van der Waals surface area contributed by atoms with Gasteiger partial charge in [-0.2, -0.15) is 12.6 Å². The molecule has 0 spiro atoms. The minimum absolute atomic E-state index is 0.544. The van der Waals surface area contributed by atoms with E-state index in [0.29, 0.717) is 25.2 Å². The molecule has 0 N–H and O–H groups in total. The summed E-state index contributed by atoms with van der Waals surface area (Å²) >= 11 is 4.19. The van der Waals surface area contributed by atoms with Crippen LogP contribution >= 0.6 is 12.6 Å². The Morgan fingerprint density at radius 3 is 1.42 bits per heavy atom. The van der Waals surface area contributed by atoms with Crippen LogP contribution < -0.4 is 0 Å². The summed E-state index contributed by atoms with van der Waals surface area (Å²) in [7, 11) is -2.41. The molecule has 0 heterocycles. The number of thiol groups is 1. The van der Waals surface area contributed by atoms with E-state index in [-0.39, 0.29) is 0 Å². The highest BCUT2D eigenvalue weighted by Crippen LogP contribution is 2.11. The van der Waals surface area contributed by atoms with Crippen LogP contribution in [0.2, 0.25) is 0 Å². The van der Waals surface area contributed by atoms with E-state index in [2.05, 4.69) is 12.6 Å². The lowest BCUT2D eigenvalue weighted by atomic mass is 10.9. The first-order valence-corrected chi connectivity index (χ1v) is 6.83. The first-order chi connectivity index (χ1) is 5.74. The van der Waals surface area contributed by atoms with Crippen molar-refractivity contribution in [3.05, 3.63) is 0 Å². The van der Waals surface area contributed by atoms with E-state index in [9.17, 15) is 0 Å². The topological polar surface area (TPSA) is 27.7 Å². The van der Waals surface area contributed by atoms with Crippen molar-refractivity contribution in [2.45, 2.75) is 20.8 Å². The largest absolute Gasteiger partial charge is 0.511 e. The molecule has 0 aliphatic carbocycles. The average molecular weight is 210 g/mol. The lowest BCUT2D eigenvalue weighted by Crippen LogP contribution is -2.48. The van der Waals surface area contributed by atoms with Crippen LogP contribution in [-0.4, -0.2) is 34.0 Å². The zero-order chi connectivity index (χ0) is 9.45. The summed E-state index contributed by atoms with van der Waals surface area (Å²) < 4.78 is 16.4. The molecule has 0 fully saturated rings. The normalized spacial score (nSPS) is 12.0. The fourth-order valence-corrected chi connectivity index (χ4v) is 3.59. The Labute approximate surface area is 81.2 Å². The van der Waals surface area contributed by atoms with Crippen molar-refractivity contribution in [2.24, 2.45) is 0 Å². The Hall–Kier alpha value is 0.447. The lowest BCUT2D eigenvalue weighted by molar-refractivity contribution is 0.0774. The second kappa shape index (κ2) is 6.91. The van der Waals surface area contributed by atoms with E-state index in [4.69, 9.17) is 13.3 Å². The molecule has 0 aromatic heterocycles. The Kier molecular flexibility index (Phi) is 7.17. The van der Waals surface area contributed by atoms with Gasteiger partial charge >= 0.3 is 8.80 Å². The van der Waals surface area contributed by atoms with Gasteiger partial charge in [0.25, 0.3) is 0 Å². The van der Waals surface area contributed by atoms with Crippen molar-refractivity contribution in [3.8, 4) is 0 Å². The van der Waals surface area contributed by atoms with Crippen LogP contribution in [0.4, 0.5) is 0 Å². The molecule has 0 atom stereocenters. The fraction of sp³-hybridized carbons (Fsp3) is 1.00. The van der Waals surface area contributed by atoms with Gasteiger partial charge in [-0.15, -0.1) is 0 Å². The van der Waals surface area contributed by atoms with Gasteiger partial charge in [0.1, 0.15) is 0 Å². The predicted octanol–water partition coefficient (Wildman–Crippen LogP) is 1.50. The zero-order valence-electron chi connectivity index (χ0n) is 8.00. The Balaban J connectivity index is 4.06. The van der Waals surface area contributed by atoms with Crippen LogP contribution in [0.15, 0.2) is 0 Å². The van der Waals surface area contributed by atoms with E-state index in [0.717, 1.165) is 0 Å². The van der Waals surface area contributed by atoms with Crippen molar-refractivity contribution in [1.29, 1.82) is 0 Å². The van der Waals surface area contributed by atoms with Gasteiger partial charge in [-0.25, -0.2) is 0 Å². The van der Waals surface area contributed by atoms with Crippen LogP contribution in [-0.2, 0) is 13.3 Å². The third-order valence-electron chi connectivity index (χ3n) is 1.29. The SMILES string of the molecule is CCO[Si](CS)(OCC)OCC. The molecular formula is C7H18O3SSi. The van der Waals surface area contributed by atoms with E-state index in [1.807, 2.05) is 20.8 Å². The van der Waals surface area contributed by atoms with Crippen LogP contribution in [0.5, 0.6) is 0 Å². The molecule has 5 heteroatoms. The van der Waals surface area contributed by atoms with Crippen molar-refractivity contribution in [2.75, 3.05) is 25.2 Å². The molecule has 74 valence electrons. The second-order valence-electron chi connectivity index (χ2n) is 2.14. The minimum Gasteiger partial charge on any atom is -0.373 e. The van der Waals surface area contributed by atoms with Gasteiger partial charge in [0.05, 0.1) is 5.38 Å². The van der Waals surface area contributed by atoms with E-state index >= 15 is 0 Å². The fourth-order valence-electron chi connectivity index (χ4n) is 0.922. The molecule has 0 amide bonds. The van der Waals surface area contributed by atoms with Crippen LogP contribution in [0.3, 0.4) is 0 Å². The Morgan fingerprint density at radius 1 is 0.917 bits per heavy atom. The zero-order valence-corrected chi connectivity index (χ0v) is 9.89. The van der Waals surface area contributed by atoms with Crippen molar-refractivity contribution in [3.63, 3.8) is 0 Å².